The third-order valence-corrected chi connectivity index (χ3v) is 3.03. The third kappa shape index (κ3) is 4.45. The SMILES string of the molecule is NC(=O)Cc1ccc(-c2ccc(OC(F)(F)C(F)F)cc2)cc1. The molecule has 0 saturated heterocycles. The van der Waals surface area contributed by atoms with Gasteiger partial charge in [-0.2, -0.15) is 17.6 Å². The van der Waals surface area contributed by atoms with Crippen molar-refractivity contribution in [3.8, 4) is 16.9 Å². The van der Waals surface area contributed by atoms with E-state index < -0.39 is 18.4 Å². The molecule has 0 aliphatic carbocycles. The van der Waals surface area contributed by atoms with Crippen molar-refractivity contribution in [2.75, 3.05) is 0 Å². The van der Waals surface area contributed by atoms with Crippen LogP contribution in [0.4, 0.5) is 17.6 Å². The molecule has 0 spiro atoms. The summed E-state index contributed by atoms with van der Waals surface area (Å²) >= 11 is 0. The van der Waals surface area contributed by atoms with Crippen LogP contribution in [0.3, 0.4) is 0 Å². The van der Waals surface area contributed by atoms with Crippen LogP contribution in [0.5, 0.6) is 5.75 Å². The van der Waals surface area contributed by atoms with Crippen LogP contribution in [-0.4, -0.2) is 18.4 Å². The summed E-state index contributed by atoms with van der Waals surface area (Å²) in [6.07, 6.45) is -8.31. The van der Waals surface area contributed by atoms with Gasteiger partial charge in [-0.05, 0) is 28.8 Å². The van der Waals surface area contributed by atoms with Gasteiger partial charge >= 0.3 is 12.5 Å². The molecule has 0 aliphatic heterocycles. The fourth-order valence-electron chi connectivity index (χ4n) is 1.93. The highest BCUT2D eigenvalue weighted by Gasteiger charge is 2.43. The topological polar surface area (TPSA) is 52.3 Å². The Morgan fingerprint density at radius 1 is 1.00 bits per heavy atom. The summed E-state index contributed by atoms with van der Waals surface area (Å²) in [6, 6.07) is 12.2. The van der Waals surface area contributed by atoms with Crippen molar-refractivity contribution >= 4 is 5.91 Å². The number of amides is 1. The summed E-state index contributed by atoms with van der Waals surface area (Å²) in [5.74, 6) is -0.802. The van der Waals surface area contributed by atoms with Gasteiger partial charge in [-0.1, -0.05) is 36.4 Å². The van der Waals surface area contributed by atoms with E-state index in [4.69, 9.17) is 5.73 Å². The molecule has 0 aromatic heterocycles. The average Bonchev–Trinajstić information content (AvgIpc) is 2.48. The minimum Gasteiger partial charge on any atom is -0.428 e. The number of nitrogens with two attached hydrogens (primary N) is 1. The van der Waals surface area contributed by atoms with Crippen LogP contribution in [0.15, 0.2) is 48.5 Å². The van der Waals surface area contributed by atoms with E-state index in [9.17, 15) is 22.4 Å². The van der Waals surface area contributed by atoms with Crippen molar-refractivity contribution in [2.45, 2.75) is 19.0 Å². The number of primary amides is 1. The molecule has 0 radical (unpaired) electrons. The van der Waals surface area contributed by atoms with Crippen molar-refractivity contribution in [3.63, 3.8) is 0 Å². The van der Waals surface area contributed by atoms with Crippen LogP contribution in [0.2, 0.25) is 0 Å². The predicted octanol–water partition coefficient (Wildman–Crippen LogP) is 3.62. The lowest BCUT2D eigenvalue weighted by Gasteiger charge is -2.16. The molecule has 7 heteroatoms. The molecule has 0 heterocycles. The summed E-state index contributed by atoms with van der Waals surface area (Å²) in [5.41, 5.74) is 7.29. The molecule has 122 valence electrons. The van der Waals surface area contributed by atoms with Gasteiger partial charge in [-0.3, -0.25) is 4.79 Å². The second-order valence-electron chi connectivity index (χ2n) is 4.83. The van der Waals surface area contributed by atoms with Crippen LogP contribution in [-0.2, 0) is 11.2 Å². The summed E-state index contributed by atoms with van der Waals surface area (Å²) < 4.78 is 53.7. The van der Waals surface area contributed by atoms with Gasteiger partial charge in [0.25, 0.3) is 0 Å². The Morgan fingerprint density at radius 2 is 1.48 bits per heavy atom. The number of ether oxygens (including phenoxy) is 1. The lowest BCUT2D eigenvalue weighted by molar-refractivity contribution is -0.253. The van der Waals surface area contributed by atoms with Crippen molar-refractivity contribution < 1.29 is 27.1 Å². The Kier molecular flexibility index (Phi) is 4.88. The Balaban J connectivity index is 2.12. The Labute approximate surface area is 129 Å². The number of halogens is 4. The number of alkyl halides is 4. The summed E-state index contributed by atoms with van der Waals surface area (Å²) in [5, 5.41) is 0. The lowest BCUT2D eigenvalue weighted by atomic mass is 10.0. The van der Waals surface area contributed by atoms with Gasteiger partial charge in [-0.25, -0.2) is 0 Å². The monoisotopic (exact) mass is 327 g/mol. The minimum atomic E-state index is -4.53. The zero-order chi connectivity index (χ0) is 17.0. The maximum absolute atomic E-state index is 12.8. The van der Waals surface area contributed by atoms with Crippen LogP contribution in [0.25, 0.3) is 11.1 Å². The van der Waals surface area contributed by atoms with Crippen LogP contribution < -0.4 is 10.5 Å². The molecule has 2 N–H and O–H groups in total. The molecule has 2 rings (SSSR count). The fourth-order valence-corrected chi connectivity index (χ4v) is 1.93. The highest BCUT2D eigenvalue weighted by atomic mass is 19.3. The van der Waals surface area contributed by atoms with E-state index in [2.05, 4.69) is 4.74 Å². The average molecular weight is 327 g/mol. The van der Waals surface area contributed by atoms with Gasteiger partial charge < -0.3 is 10.5 Å². The normalized spacial score (nSPS) is 11.5. The fraction of sp³-hybridized carbons (Fsp3) is 0.188. The van der Waals surface area contributed by atoms with Gasteiger partial charge in [0.1, 0.15) is 5.75 Å². The minimum absolute atomic E-state index is 0.121. The number of rotatable bonds is 6. The van der Waals surface area contributed by atoms with Gasteiger partial charge in [0.05, 0.1) is 6.42 Å². The first-order valence-corrected chi connectivity index (χ1v) is 6.60. The first-order chi connectivity index (χ1) is 10.8. The molecule has 3 nitrogen and oxygen atoms in total. The summed E-state index contributed by atoms with van der Waals surface area (Å²) in [7, 11) is 0. The van der Waals surface area contributed by atoms with E-state index >= 15 is 0 Å². The molecule has 0 bridgehead atoms. The predicted molar refractivity (Wildman–Crippen MR) is 76.4 cm³/mol. The zero-order valence-electron chi connectivity index (χ0n) is 11.8. The molecule has 2 aromatic carbocycles. The molecule has 0 fully saturated rings. The molecular weight excluding hydrogens is 314 g/mol. The maximum atomic E-state index is 12.8. The van der Waals surface area contributed by atoms with Crippen molar-refractivity contribution in [3.05, 3.63) is 54.1 Å². The first-order valence-electron chi connectivity index (χ1n) is 6.60. The van der Waals surface area contributed by atoms with Gasteiger partial charge in [0.15, 0.2) is 0 Å². The number of benzene rings is 2. The van der Waals surface area contributed by atoms with Crippen LogP contribution in [0, 0.1) is 0 Å². The van der Waals surface area contributed by atoms with Gasteiger partial charge in [-0.15, -0.1) is 0 Å². The Bertz CT molecular complexity index is 669. The molecule has 0 aliphatic rings. The highest BCUT2D eigenvalue weighted by Crippen LogP contribution is 2.29. The second-order valence-corrected chi connectivity index (χ2v) is 4.83. The quantitative estimate of drug-likeness (QED) is 0.824. The van der Waals surface area contributed by atoms with E-state index in [1.807, 2.05) is 0 Å². The maximum Gasteiger partial charge on any atom is 0.461 e. The first kappa shape index (κ1) is 16.8. The summed E-state index contributed by atoms with van der Waals surface area (Å²) in [6.45, 7) is 0. The largest absolute Gasteiger partial charge is 0.461 e. The molecule has 0 saturated carbocycles. The Hall–Kier alpha value is -2.57. The van der Waals surface area contributed by atoms with E-state index in [1.54, 1.807) is 24.3 Å². The molecule has 1 amide bonds. The second kappa shape index (κ2) is 6.68. The highest BCUT2D eigenvalue weighted by molar-refractivity contribution is 5.77. The van der Waals surface area contributed by atoms with Crippen molar-refractivity contribution in [1.82, 2.24) is 0 Å². The van der Waals surface area contributed by atoms with E-state index in [0.29, 0.717) is 5.56 Å². The number of carbonyl (C=O) groups is 1. The van der Waals surface area contributed by atoms with Crippen molar-refractivity contribution in [2.24, 2.45) is 5.73 Å². The number of carbonyl (C=O) groups excluding carboxylic acids is 1. The van der Waals surface area contributed by atoms with E-state index in [1.165, 1.54) is 24.3 Å². The van der Waals surface area contributed by atoms with E-state index in [-0.39, 0.29) is 12.2 Å². The van der Waals surface area contributed by atoms with Crippen LogP contribution in [0.1, 0.15) is 5.56 Å². The molecule has 2 aromatic rings. The number of hydrogen-bond donors (Lipinski definition) is 1. The Morgan fingerprint density at radius 3 is 1.91 bits per heavy atom. The summed E-state index contributed by atoms with van der Waals surface area (Å²) in [4.78, 5) is 10.8. The molecule has 23 heavy (non-hydrogen) atoms. The molecule has 0 atom stereocenters. The lowest BCUT2D eigenvalue weighted by Crippen LogP contribution is -2.33. The van der Waals surface area contributed by atoms with Gasteiger partial charge in [0.2, 0.25) is 5.91 Å². The smallest absolute Gasteiger partial charge is 0.428 e. The van der Waals surface area contributed by atoms with Crippen LogP contribution >= 0.6 is 0 Å². The molecule has 0 unspecified atom stereocenters. The zero-order valence-corrected chi connectivity index (χ0v) is 11.8. The molecular formula is C16H13F4NO2. The third-order valence-electron chi connectivity index (χ3n) is 3.03. The van der Waals surface area contributed by atoms with Gasteiger partial charge in [0, 0.05) is 0 Å². The van der Waals surface area contributed by atoms with E-state index in [0.717, 1.165) is 11.1 Å². The number of hydrogen-bond acceptors (Lipinski definition) is 2. The standard InChI is InChI=1S/C16H13F4NO2/c17-15(18)16(19,20)23-13-7-5-12(6-8-13)11-3-1-10(2-4-11)9-14(21)22/h1-8,15H,9H2,(H2,21,22). The van der Waals surface area contributed by atoms with Crippen molar-refractivity contribution in [1.29, 1.82) is 0 Å².